The monoisotopic (exact) mass is 408 g/mol. The van der Waals surface area contributed by atoms with E-state index in [4.69, 9.17) is 4.98 Å². The summed E-state index contributed by atoms with van der Waals surface area (Å²) in [4.78, 5) is 24.1. The summed E-state index contributed by atoms with van der Waals surface area (Å²) in [5, 5.41) is 3.53. The quantitative estimate of drug-likeness (QED) is 0.707. The molecular formula is C20H32N4O3S. The molecule has 1 aromatic heterocycles. The molecule has 2 heterocycles. The molecule has 2 aliphatic carbocycles. The van der Waals surface area contributed by atoms with E-state index in [9.17, 15) is 13.9 Å². The summed E-state index contributed by atoms with van der Waals surface area (Å²) >= 11 is 0. The van der Waals surface area contributed by atoms with Gasteiger partial charge >= 0.3 is 0 Å². The summed E-state index contributed by atoms with van der Waals surface area (Å²) in [6, 6.07) is 0.445. The first kappa shape index (κ1) is 19.9. The fourth-order valence-corrected chi connectivity index (χ4v) is 6.10. The van der Waals surface area contributed by atoms with Gasteiger partial charge in [0.15, 0.2) is 0 Å². The standard InChI is InChI=1S/C20H32N4O3S/c1-20(2,3)17-15(18(25)24-6-8-28(26,27)9-7-24)12-21-19(23-17)22-16-11-13-4-5-14(16)10-13/h12-14,16,26-27H,4-11H2,1-3H3,(H,21,22,23)/t13-,14+,16+/m0/s1. The van der Waals surface area contributed by atoms with E-state index in [1.54, 1.807) is 11.1 Å². The zero-order valence-corrected chi connectivity index (χ0v) is 17.8. The Bertz CT molecular complexity index is 754. The van der Waals surface area contributed by atoms with Gasteiger partial charge in [-0.1, -0.05) is 27.2 Å². The second kappa shape index (κ2) is 7.15. The van der Waals surface area contributed by atoms with Crippen molar-refractivity contribution in [1.29, 1.82) is 0 Å². The minimum absolute atomic E-state index is 0.119. The summed E-state index contributed by atoms with van der Waals surface area (Å²) in [7, 11) is -2.53. The third kappa shape index (κ3) is 4.00. The maximum Gasteiger partial charge on any atom is 0.257 e. The Morgan fingerprint density at radius 2 is 1.93 bits per heavy atom. The average Bonchev–Trinajstić information content (AvgIpc) is 3.23. The highest BCUT2D eigenvalue weighted by Crippen LogP contribution is 2.45. The highest BCUT2D eigenvalue weighted by atomic mass is 32.3. The normalized spacial score (nSPS) is 30.3. The van der Waals surface area contributed by atoms with Gasteiger partial charge in [-0.3, -0.25) is 13.9 Å². The van der Waals surface area contributed by atoms with Crippen molar-refractivity contribution in [2.24, 2.45) is 11.8 Å². The van der Waals surface area contributed by atoms with E-state index in [0.29, 0.717) is 30.6 Å². The molecule has 7 nitrogen and oxygen atoms in total. The van der Waals surface area contributed by atoms with Crippen LogP contribution in [-0.4, -0.2) is 60.5 Å². The lowest BCUT2D eigenvalue weighted by Crippen LogP contribution is -2.43. The summed E-state index contributed by atoms with van der Waals surface area (Å²) in [6.07, 6.45) is 6.80. The first-order valence-corrected chi connectivity index (χ1v) is 12.2. The molecule has 3 aliphatic rings. The number of amides is 1. The van der Waals surface area contributed by atoms with Crippen LogP contribution in [0.25, 0.3) is 0 Å². The fraction of sp³-hybridized carbons (Fsp3) is 0.750. The smallest absolute Gasteiger partial charge is 0.257 e. The van der Waals surface area contributed by atoms with E-state index in [1.807, 2.05) is 0 Å². The minimum atomic E-state index is -2.53. The van der Waals surface area contributed by atoms with Gasteiger partial charge in [0.1, 0.15) is 0 Å². The summed E-state index contributed by atoms with van der Waals surface area (Å²) in [5.74, 6) is 2.55. The molecule has 28 heavy (non-hydrogen) atoms. The highest BCUT2D eigenvalue weighted by Gasteiger charge is 2.40. The molecule has 0 unspecified atom stereocenters. The largest absolute Gasteiger partial charge is 0.351 e. The van der Waals surface area contributed by atoms with Crippen LogP contribution in [0, 0.1) is 11.8 Å². The van der Waals surface area contributed by atoms with Crippen molar-refractivity contribution < 1.29 is 13.9 Å². The zero-order chi connectivity index (χ0) is 20.1. The number of carbonyl (C=O) groups is 1. The van der Waals surface area contributed by atoms with Crippen LogP contribution in [0.2, 0.25) is 0 Å². The van der Waals surface area contributed by atoms with Gasteiger partial charge in [-0.25, -0.2) is 9.97 Å². The van der Waals surface area contributed by atoms with Gasteiger partial charge in [0.25, 0.3) is 5.91 Å². The molecule has 0 aromatic carbocycles. The Balaban J connectivity index is 1.54. The topological polar surface area (TPSA) is 98.6 Å². The lowest BCUT2D eigenvalue weighted by atomic mass is 9.88. The molecule has 2 saturated carbocycles. The van der Waals surface area contributed by atoms with E-state index in [0.717, 1.165) is 17.5 Å². The van der Waals surface area contributed by atoms with Crippen LogP contribution < -0.4 is 5.32 Å². The van der Waals surface area contributed by atoms with Crippen molar-refractivity contribution in [1.82, 2.24) is 14.9 Å². The Hall–Kier alpha value is -1.38. The molecule has 0 spiro atoms. The lowest BCUT2D eigenvalue weighted by Gasteiger charge is -2.41. The van der Waals surface area contributed by atoms with E-state index in [2.05, 4.69) is 31.1 Å². The predicted octanol–water partition coefficient (Wildman–Crippen LogP) is 3.58. The van der Waals surface area contributed by atoms with E-state index >= 15 is 0 Å². The Morgan fingerprint density at radius 3 is 2.50 bits per heavy atom. The van der Waals surface area contributed by atoms with Gasteiger partial charge in [-0.15, -0.1) is 0 Å². The number of fused-ring (bicyclic) bond motifs is 2. The maximum absolute atomic E-state index is 13.1. The van der Waals surface area contributed by atoms with Crippen molar-refractivity contribution in [2.75, 3.05) is 29.9 Å². The highest BCUT2D eigenvalue weighted by molar-refractivity contribution is 8.24. The van der Waals surface area contributed by atoms with Crippen molar-refractivity contribution in [3.8, 4) is 0 Å². The fourth-order valence-electron chi connectivity index (χ4n) is 4.87. The summed E-state index contributed by atoms with van der Waals surface area (Å²) < 4.78 is 19.6. The summed E-state index contributed by atoms with van der Waals surface area (Å²) in [6.45, 7) is 6.88. The molecule has 0 radical (unpaired) electrons. The molecule has 4 rings (SSSR count). The molecular weight excluding hydrogens is 376 g/mol. The van der Waals surface area contributed by atoms with E-state index in [-0.39, 0.29) is 22.8 Å². The van der Waals surface area contributed by atoms with Crippen molar-refractivity contribution >= 4 is 22.4 Å². The number of nitrogens with zero attached hydrogens (tertiary/aromatic N) is 3. The number of aromatic nitrogens is 2. The van der Waals surface area contributed by atoms with Gasteiger partial charge in [-0.2, -0.15) is 10.6 Å². The average molecular weight is 409 g/mol. The van der Waals surface area contributed by atoms with Gasteiger partial charge < -0.3 is 10.2 Å². The van der Waals surface area contributed by atoms with Gasteiger partial charge in [-0.05, 0) is 31.1 Å². The number of carbonyl (C=O) groups excluding carboxylic acids is 1. The molecule has 1 saturated heterocycles. The molecule has 3 fully saturated rings. The first-order valence-electron chi connectivity index (χ1n) is 10.3. The molecule has 8 heteroatoms. The van der Waals surface area contributed by atoms with Crippen LogP contribution in [0.1, 0.15) is 62.5 Å². The molecule has 2 bridgehead atoms. The van der Waals surface area contributed by atoms with Crippen molar-refractivity contribution in [2.45, 2.75) is 57.9 Å². The predicted molar refractivity (Wildman–Crippen MR) is 112 cm³/mol. The zero-order valence-electron chi connectivity index (χ0n) is 17.0. The molecule has 156 valence electrons. The van der Waals surface area contributed by atoms with Crippen LogP contribution >= 0.6 is 10.6 Å². The Kier molecular flexibility index (Phi) is 5.08. The third-order valence-corrected chi connectivity index (χ3v) is 8.12. The van der Waals surface area contributed by atoms with Gasteiger partial charge in [0.2, 0.25) is 5.95 Å². The molecule has 3 atom stereocenters. The Morgan fingerprint density at radius 1 is 1.21 bits per heavy atom. The van der Waals surface area contributed by atoms with E-state index < -0.39 is 10.6 Å². The number of nitrogens with one attached hydrogen (secondary N) is 1. The van der Waals surface area contributed by atoms with Crippen LogP contribution in [0.5, 0.6) is 0 Å². The molecule has 1 amide bonds. The maximum atomic E-state index is 13.1. The van der Waals surface area contributed by atoms with Crippen molar-refractivity contribution in [3.63, 3.8) is 0 Å². The minimum Gasteiger partial charge on any atom is -0.351 e. The second-order valence-corrected chi connectivity index (χ2v) is 12.1. The van der Waals surface area contributed by atoms with Crippen LogP contribution in [-0.2, 0) is 5.41 Å². The molecule has 1 aliphatic heterocycles. The number of hydrogen-bond donors (Lipinski definition) is 3. The second-order valence-electron chi connectivity index (χ2n) is 9.63. The lowest BCUT2D eigenvalue weighted by molar-refractivity contribution is 0.0764. The van der Waals surface area contributed by atoms with Gasteiger partial charge in [0.05, 0.1) is 22.8 Å². The van der Waals surface area contributed by atoms with Crippen LogP contribution in [0.3, 0.4) is 0 Å². The first-order chi connectivity index (χ1) is 13.1. The molecule has 1 aromatic rings. The van der Waals surface area contributed by atoms with E-state index in [1.165, 1.54) is 25.7 Å². The number of anilines is 1. The van der Waals surface area contributed by atoms with Crippen LogP contribution in [0.4, 0.5) is 5.95 Å². The SMILES string of the molecule is CC(C)(C)c1nc(N[C@@H]2C[C@H]3CC[C@@H]2C3)ncc1C(=O)N1CCS(O)(O)CC1. The van der Waals surface area contributed by atoms with Gasteiger partial charge in [0, 0.05) is 30.7 Å². The number of rotatable bonds is 3. The third-order valence-electron chi connectivity index (χ3n) is 6.45. The molecule has 3 N–H and O–H groups in total. The summed E-state index contributed by atoms with van der Waals surface area (Å²) in [5.41, 5.74) is 0.970. The van der Waals surface area contributed by atoms with Crippen LogP contribution in [0.15, 0.2) is 6.20 Å². The number of hydrogen-bond acceptors (Lipinski definition) is 6. The Labute approximate surface area is 168 Å². The van der Waals surface area contributed by atoms with Crippen molar-refractivity contribution in [3.05, 3.63) is 17.5 Å².